The number of halogens is 1. The smallest absolute Gasteiger partial charge is 0.182 e. The van der Waals surface area contributed by atoms with E-state index in [2.05, 4.69) is 10.1 Å². The van der Waals surface area contributed by atoms with Gasteiger partial charge in [0, 0.05) is 10.6 Å². The number of para-hydroxylation sites is 1. The van der Waals surface area contributed by atoms with Crippen LogP contribution in [0.3, 0.4) is 0 Å². The number of fused-ring (bicyclic) bond motifs is 1. The minimum Gasteiger partial charge on any atom is -0.249 e. The molecule has 0 atom stereocenters. The Morgan fingerprint density at radius 1 is 0.957 bits per heavy atom. The first-order valence-corrected chi connectivity index (χ1v) is 7.64. The Hall–Kier alpha value is -2.72. The lowest BCUT2D eigenvalue weighted by molar-refractivity contribution is 0.878. The van der Waals surface area contributed by atoms with Crippen molar-refractivity contribution in [1.82, 2.24) is 19.7 Å². The predicted molar refractivity (Wildman–Crippen MR) is 91.8 cm³/mol. The van der Waals surface area contributed by atoms with E-state index in [0.717, 1.165) is 33.8 Å². The van der Waals surface area contributed by atoms with Crippen molar-refractivity contribution < 1.29 is 0 Å². The lowest BCUT2D eigenvalue weighted by Gasteiger charge is -2.04. The summed E-state index contributed by atoms with van der Waals surface area (Å²) in [5, 5.41) is 5.28. The van der Waals surface area contributed by atoms with Crippen LogP contribution in [0.2, 0.25) is 5.02 Å². The first kappa shape index (κ1) is 13.9. The van der Waals surface area contributed by atoms with Crippen LogP contribution in [0.4, 0.5) is 0 Å². The molecular weight excluding hydrogens is 308 g/mol. The fourth-order valence-corrected chi connectivity index (χ4v) is 2.66. The number of aryl methyl sites for hydroxylation is 1. The normalized spacial score (nSPS) is 11.0. The Kier molecular flexibility index (Phi) is 3.32. The third kappa shape index (κ3) is 2.47. The van der Waals surface area contributed by atoms with E-state index in [1.54, 1.807) is 6.20 Å². The standard InChI is InChI=1S/C18H13ClN4/c1-12-17-18(23(22-12)15-5-3-2-4-6-15)21-16(11-20-17)13-7-9-14(19)10-8-13/h2-11H,1H3. The summed E-state index contributed by atoms with van der Waals surface area (Å²) >= 11 is 5.95. The summed E-state index contributed by atoms with van der Waals surface area (Å²) < 4.78 is 1.83. The van der Waals surface area contributed by atoms with Crippen LogP contribution in [0.15, 0.2) is 60.8 Å². The van der Waals surface area contributed by atoms with Crippen molar-refractivity contribution >= 4 is 22.8 Å². The van der Waals surface area contributed by atoms with Crippen LogP contribution in [0.5, 0.6) is 0 Å². The second kappa shape index (κ2) is 5.48. The zero-order chi connectivity index (χ0) is 15.8. The second-order valence-electron chi connectivity index (χ2n) is 5.27. The van der Waals surface area contributed by atoms with Gasteiger partial charge in [-0.3, -0.25) is 0 Å². The van der Waals surface area contributed by atoms with Gasteiger partial charge in [-0.1, -0.05) is 41.9 Å². The number of hydrogen-bond donors (Lipinski definition) is 0. The molecule has 2 aromatic carbocycles. The highest BCUT2D eigenvalue weighted by atomic mass is 35.5. The van der Waals surface area contributed by atoms with Crippen LogP contribution < -0.4 is 0 Å². The molecule has 0 spiro atoms. The average Bonchev–Trinajstić information content (AvgIpc) is 2.93. The maximum absolute atomic E-state index is 5.95. The van der Waals surface area contributed by atoms with Gasteiger partial charge in [0.15, 0.2) is 5.65 Å². The van der Waals surface area contributed by atoms with Gasteiger partial charge >= 0.3 is 0 Å². The van der Waals surface area contributed by atoms with Crippen LogP contribution in [0.25, 0.3) is 28.1 Å². The van der Waals surface area contributed by atoms with Crippen LogP contribution >= 0.6 is 11.6 Å². The highest BCUT2D eigenvalue weighted by molar-refractivity contribution is 6.30. The van der Waals surface area contributed by atoms with Crippen molar-refractivity contribution in [2.75, 3.05) is 0 Å². The molecule has 23 heavy (non-hydrogen) atoms. The highest BCUT2D eigenvalue weighted by Gasteiger charge is 2.13. The van der Waals surface area contributed by atoms with Crippen LogP contribution in [-0.4, -0.2) is 19.7 Å². The number of aromatic nitrogens is 4. The van der Waals surface area contributed by atoms with Gasteiger partial charge in [0.1, 0.15) is 5.52 Å². The molecule has 0 bridgehead atoms. The lowest BCUT2D eigenvalue weighted by Crippen LogP contribution is -1.98. The third-order valence-corrected chi connectivity index (χ3v) is 3.94. The summed E-state index contributed by atoms with van der Waals surface area (Å²) in [6.45, 7) is 1.94. The molecule has 0 aliphatic heterocycles. The topological polar surface area (TPSA) is 43.6 Å². The Morgan fingerprint density at radius 2 is 1.70 bits per heavy atom. The average molecular weight is 321 g/mol. The molecule has 0 saturated heterocycles. The maximum Gasteiger partial charge on any atom is 0.182 e. The number of hydrogen-bond acceptors (Lipinski definition) is 3. The van der Waals surface area contributed by atoms with E-state index in [1.807, 2.05) is 66.2 Å². The zero-order valence-electron chi connectivity index (χ0n) is 12.4. The first-order chi connectivity index (χ1) is 11.2. The highest BCUT2D eigenvalue weighted by Crippen LogP contribution is 2.24. The van der Waals surface area contributed by atoms with Crippen molar-refractivity contribution in [3.63, 3.8) is 0 Å². The van der Waals surface area contributed by atoms with Crippen molar-refractivity contribution in [2.45, 2.75) is 6.92 Å². The van der Waals surface area contributed by atoms with E-state index < -0.39 is 0 Å². The maximum atomic E-state index is 5.95. The van der Waals surface area contributed by atoms with Gasteiger partial charge < -0.3 is 0 Å². The Balaban J connectivity index is 1.92. The molecule has 2 heterocycles. The molecule has 0 N–H and O–H groups in total. The molecule has 0 radical (unpaired) electrons. The molecule has 4 aromatic rings. The van der Waals surface area contributed by atoms with Gasteiger partial charge in [-0.25, -0.2) is 14.6 Å². The minimum atomic E-state index is 0.702. The van der Waals surface area contributed by atoms with E-state index in [9.17, 15) is 0 Å². The fraction of sp³-hybridized carbons (Fsp3) is 0.0556. The summed E-state index contributed by atoms with van der Waals surface area (Å²) in [6.07, 6.45) is 1.77. The van der Waals surface area contributed by atoms with E-state index in [1.165, 1.54) is 0 Å². The molecule has 0 aliphatic carbocycles. The Labute approximate surface area is 138 Å². The van der Waals surface area contributed by atoms with Gasteiger partial charge in [-0.15, -0.1) is 0 Å². The molecular formula is C18H13ClN4. The van der Waals surface area contributed by atoms with E-state index >= 15 is 0 Å². The van der Waals surface area contributed by atoms with Crippen LogP contribution in [-0.2, 0) is 0 Å². The fourth-order valence-electron chi connectivity index (χ4n) is 2.54. The number of benzene rings is 2. The van der Waals surface area contributed by atoms with Gasteiger partial charge in [0.25, 0.3) is 0 Å². The van der Waals surface area contributed by atoms with Gasteiger partial charge in [0.05, 0.1) is 23.3 Å². The second-order valence-corrected chi connectivity index (χ2v) is 5.70. The Bertz CT molecular complexity index is 975. The van der Waals surface area contributed by atoms with E-state index in [-0.39, 0.29) is 0 Å². The minimum absolute atomic E-state index is 0.702. The van der Waals surface area contributed by atoms with Gasteiger partial charge in [-0.05, 0) is 31.2 Å². The molecule has 5 heteroatoms. The molecule has 112 valence electrons. The molecule has 4 nitrogen and oxygen atoms in total. The lowest BCUT2D eigenvalue weighted by atomic mass is 10.1. The van der Waals surface area contributed by atoms with E-state index in [0.29, 0.717) is 5.02 Å². The third-order valence-electron chi connectivity index (χ3n) is 3.69. The summed E-state index contributed by atoms with van der Waals surface area (Å²) in [6, 6.07) is 17.5. The molecule has 4 rings (SSSR count). The summed E-state index contributed by atoms with van der Waals surface area (Å²) in [5.41, 5.74) is 5.16. The molecule has 0 unspecified atom stereocenters. The molecule has 0 aliphatic rings. The van der Waals surface area contributed by atoms with Crippen LogP contribution in [0, 0.1) is 6.92 Å². The van der Waals surface area contributed by atoms with Crippen molar-refractivity contribution in [1.29, 1.82) is 0 Å². The van der Waals surface area contributed by atoms with Crippen LogP contribution in [0.1, 0.15) is 5.69 Å². The predicted octanol–water partition coefficient (Wildman–Crippen LogP) is 4.44. The summed E-state index contributed by atoms with van der Waals surface area (Å²) in [7, 11) is 0. The number of rotatable bonds is 2. The SMILES string of the molecule is Cc1nn(-c2ccccc2)c2nc(-c3ccc(Cl)cc3)cnc12. The van der Waals surface area contributed by atoms with Gasteiger partial charge in [0.2, 0.25) is 0 Å². The summed E-state index contributed by atoms with van der Waals surface area (Å²) in [4.78, 5) is 9.31. The molecule has 0 amide bonds. The van der Waals surface area contributed by atoms with E-state index in [4.69, 9.17) is 16.6 Å². The molecule has 2 aromatic heterocycles. The van der Waals surface area contributed by atoms with Crippen molar-refractivity contribution in [3.8, 4) is 16.9 Å². The van der Waals surface area contributed by atoms with Crippen molar-refractivity contribution in [3.05, 3.63) is 71.5 Å². The quantitative estimate of drug-likeness (QED) is 0.548. The Morgan fingerprint density at radius 3 is 2.43 bits per heavy atom. The summed E-state index contributed by atoms with van der Waals surface area (Å²) in [5.74, 6) is 0. The monoisotopic (exact) mass is 320 g/mol. The first-order valence-electron chi connectivity index (χ1n) is 7.26. The number of nitrogens with zero attached hydrogens (tertiary/aromatic N) is 4. The zero-order valence-corrected chi connectivity index (χ0v) is 13.2. The molecule has 0 saturated carbocycles. The molecule has 0 fully saturated rings. The van der Waals surface area contributed by atoms with Gasteiger partial charge in [-0.2, -0.15) is 5.10 Å². The largest absolute Gasteiger partial charge is 0.249 e. The van der Waals surface area contributed by atoms with Crippen molar-refractivity contribution in [2.24, 2.45) is 0 Å².